The lowest BCUT2D eigenvalue weighted by molar-refractivity contribution is 0.534. The Bertz CT molecular complexity index is 622. The van der Waals surface area contributed by atoms with Gasteiger partial charge in [-0.1, -0.05) is 16.7 Å². The number of nitrogens with zero attached hydrogens (tertiary/aromatic N) is 3. The van der Waals surface area contributed by atoms with Gasteiger partial charge in [0.15, 0.2) is 0 Å². The van der Waals surface area contributed by atoms with E-state index < -0.39 is 10.0 Å². The molecular weight excluding hydrogens is 268 g/mol. The molecule has 0 atom stereocenters. The maximum atomic E-state index is 11.8. The average Bonchev–Trinajstić information content (AvgIpc) is 2.63. The first kappa shape index (κ1) is 11.8. The molecule has 2 rings (SSSR count). The summed E-state index contributed by atoms with van der Waals surface area (Å²) in [4.78, 5) is 3.63. The summed E-state index contributed by atoms with van der Waals surface area (Å²) in [7, 11) is -3.78. The largest absolute Gasteiger partial charge is 0.408 e. The normalized spacial score (nSPS) is 11.4. The minimum absolute atomic E-state index is 0.0437. The molecule has 0 aliphatic rings. The van der Waals surface area contributed by atoms with E-state index in [9.17, 15) is 8.42 Å². The molecule has 0 saturated carbocycles. The van der Waals surface area contributed by atoms with Crippen molar-refractivity contribution in [3.63, 3.8) is 0 Å². The number of sulfonamides is 1. The number of aryl methyl sites for hydroxylation is 1. The van der Waals surface area contributed by atoms with Crippen molar-refractivity contribution in [1.82, 2.24) is 15.2 Å². The molecule has 0 unspecified atom stereocenters. The lowest BCUT2D eigenvalue weighted by Crippen LogP contribution is -2.13. The summed E-state index contributed by atoms with van der Waals surface area (Å²) in [5, 5.41) is 7.22. The van der Waals surface area contributed by atoms with Crippen LogP contribution in [0.25, 0.3) is 0 Å². The Morgan fingerprint density at radius 3 is 2.65 bits per heavy atom. The van der Waals surface area contributed by atoms with Crippen molar-refractivity contribution in [2.75, 3.05) is 4.72 Å². The highest BCUT2D eigenvalue weighted by Gasteiger charge is 2.17. The third-order valence-corrected chi connectivity index (χ3v) is 3.29. The standard InChI is InChI=1S/C8H7ClN4O3S/c1-5-11-12-8(16-5)13-17(14,15)6-2-3-7(9)10-4-6/h2-4H,1H3,(H,12,13). The molecule has 90 valence electrons. The smallest absolute Gasteiger partial charge is 0.329 e. The van der Waals surface area contributed by atoms with Crippen molar-refractivity contribution in [2.24, 2.45) is 0 Å². The average molecular weight is 275 g/mol. The van der Waals surface area contributed by atoms with Crippen LogP contribution in [0.15, 0.2) is 27.6 Å². The number of hydrogen-bond donors (Lipinski definition) is 1. The van der Waals surface area contributed by atoms with Gasteiger partial charge in [-0.25, -0.2) is 18.1 Å². The van der Waals surface area contributed by atoms with Crippen LogP contribution >= 0.6 is 11.6 Å². The Morgan fingerprint density at radius 2 is 2.12 bits per heavy atom. The summed E-state index contributed by atoms with van der Waals surface area (Å²) in [6.45, 7) is 1.55. The summed E-state index contributed by atoms with van der Waals surface area (Å²) in [5.74, 6) is 0.261. The van der Waals surface area contributed by atoms with E-state index in [1.807, 2.05) is 0 Å². The number of pyridine rings is 1. The lowest BCUT2D eigenvalue weighted by atomic mass is 10.5. The van der Waals surface area contributed by atoms with Crippen LogP contribution < -0.4 is 4.72 Å². The molecule has 2 aromatic heterocycles. The van der Waals surface area contributed by atoms with Gasteiger partial charge in [-0.15, -0.1) is 5.10 Å². The SMILES string of the molecule is Cc1nnc(NS(=O)(=O)c2ccc(Cl)nc2)o1. The molecule has 0 bridgehead atoms. The van der Waals surface area contributed by atoms with E-state index in [1.165, 1.54) is 12.1 Å². The van der Waals surface area contributed by atoms with Gasteiger partial charge in [0.2, 0.25) is 5.89 Å². The summed E-state index contributed by atoms with van der Waals surface area (Å²) >= 11 is 5.56. The van der Waals surface area contributed by atoms with Crippen LogP contribution in [0.1, 0.15) is 5.89 Å². The third-order valence-electron chi connectivity index (χ3n) is 1.76. The molecule has 17 heavy (non-hydrogen) atoms. The number of halogens is 1. The monoisotopic (exact) mass is 274 g/mol. The summed E-state index contributed by atoms with van der Waals surface area (Å²) in [6.07, 6.45) is 1.13. The molecular formula is C8H7ClN4O3S. The highest BCUT2D eigenvalue weighted by Crippen LogP contribution is 2.15. The molecule has 9 heteroatoms. The molecule has 0 aromatic carbocycles. The van der Waals surface area contributed by atoms with Gasteiger partial charge in [-0.3, -0.25) is 0 Å². The van der Waals surface area contributed by atoms with Crippen LogP contribution in [0.2, 0.25) is 5.15 Å². The van der Waals surface area contributed by atoms with E-state index in [0.29, 0.717) is 0 Å². The molecule has 0 aliphatic carbocycles. The molecule has 0 amide bonds. The fourth-order valence-corrected chi connectivity index (χ4v) is 2.01. The minimum atomic E-state index is -3.78. The zero-order valence-electron chi connectivity index (χ0n) is 8.58. The van der Waals surface area contributed by atoms with Crippen molar-refractivity contribution in [2.45, 2.75) is 11.8 Å². The topological polar surface area (TPSA) is 98.0 Å². The second-order valence-electron chi connectivity index (χ2n) is 3.05. The molecule has 2 heterocycles. The Kier molecular flexibility index (Phi) is 2.99. The van der Waals surface area contributed by atoms with E-state index in [4.69, 9.17) is 16.0 Å². The zero-order valence-corrected chi connectivity index (χ0v) is 10.2. The summed E-state index contributed by atoms with van der Waals surface area (Å²) in [5.41, 5.74) is 0. The predicted molar refractivity (Wildman–Crippen MR) is 59.1 cm³/mol. The van der Waals surface area contributed by atoms with Gasteiger partial charge in [0.05, 0.1) is 0 Å². The Hall–Kier alpha value is -1.67. The Labute approximate surface area is 102 Å². The second kappa shape index (κ2) is 4.30. The second-order valence-corrected chi connectivity index (χ2v) is 5.12. The molecule has 0 saturated heterocycles. The minimum Gasteiger partial charge on any atom is -0.408 e. The first-order chi connectivity index (χ1) is 7.97. The molecule has 0 fully saturated rings. The van der Waals surface area contributed by atoms with Gasteiger partial charge in [0.1, 0.15) is 10.0 Å². The van der Waals surface area contributed by atoms with Gasteiger partial charge in [-0.05, 0) is 12.1 Å². The zero-order chi connectivity index (χ0) is 12.5. The van der Waals surface area contributed by atoms with Crippen LogP contribution in [-0.2, 0) is 10.0 Å². The number of aromatic nitrogens is 3. The molecule has 1 N–H and O–H groups in total. The number of rotatable bonds is 3. The lowest BCUT2D eigenvalue weighted by Gasteiger charge is -2.02. The first-order valence-corrected chi connectivity index (χ1v) is 6.28. The van der Waals surface area contributed by atoms with Crippen LogP contribution in [0.5, 0.6) is 0 Å². The van der Waals surface area contributed by atoms with E-state index in [1.54, 1.807) is 6.92 Å². The highest BCUT2D eigenvalue weighted by molar-refractivity contribution is 7.92. The van der Waals surface area contributed by atoms with Crippen LogP contribution in [-0.4, -0.2) is 23.6 Å². The quantitative estimate of drug-likeness (QED) is 0.845. The summed E-state index contributed by atoms with van der Waals surface area (Å²) < 4.78 is 30.6. The van der Waals surface area contributed by atoms with Crippen LogP contribution in [0.3, 0.4) is 0 Å². The fraction of sp³-hybridized carbons (Fsp3) is 0.125. The highest BCUT2D eigenvalue weighted by atomic mass is 35.5. The molecule has 0 aliphatic heterocycles. The van der Waals surface area contributed by atoms with Crippen LogP contribution in [0, 0.1) is 6.92 Å². The fourth-order valence-electron chi connectivity index (χ4n) is 1.03. The number of nitrogens with one attached hydrogen (secondary N) is 1. The number of anilines is 1. The Balaban J connectivity index is 2.28. The summed E-state index contributed by atoms with van der Waals surface area (Å²) in [6, 6.07) is 2.49. The van der Waals surface area contributed by atoms with Crippen molar-refractivity contribution < 1.29 is 12.8 Å². The maximum absolute atomic E-state index is 11.8. The van der Waals surface area contributed by atoms with Crippen molar-refractivity contribution in [3.05, 3.63) is 29.4 Å². The predicted octanol–water partition coefficient (Wildman–Crippen LogP) is 1.23. The maximum Gasteiger partial charge on any atom is 0.329 e. The van der Waals surface area contributed by atoms with Crippen molar-refractivity contribution in [1.29, 1.82) is 0 Å². The molecule has 7 nitrogen and oxygen atoms in total. The van der Waals surface area contributed by atoms with Crippen LogP contribution in [0.4, 0.5) is 6.01 Å². The van der Waals surface area contributed by atoms with Crippen molar-refractivity contribution >= 4 is 27.6 Å². The molecule has 2 aromatic rings. The van der Waals surface area contributed by atoms with E-state index in [-0.39, 0.29) is 22.0 Å². The van der Waals surface area contributed by atoms with Gasteiger partial charge in [0.25, 0.3) is 10.0 Å². The van der Waals surface area contributed by atoms with E-state index >= 15 is 0 Å². The van der Waals surface area contributed by atoms with Crippen molar-refractivity contribution in [3.8, 4) is 0 Å². The molecule has 0 spiro atoms. The van der Waals surface area contributed by atoms with Gasteiger partial charge < -0.3 is 4.42 Å². The van der Waals surface area contributed by atoms with Gasteiger partial charge in [0, 0.05) is 13.1 Å². The van der Waals surface area contributed by atoms with Gasteiger partial charge in [-0.2, -0.15) is 0 Å². The first-order valence-electron chi connectivity index (χ1n) is 4.42. The Morgan fingerprint density at radius 1 is 1.35 bits per heavy atom. The number of hydrogen-bond acceptors (Lipinski definition) is 6. The van der Waals surface area contributed by atoms with E-state index in [2.05, 4.69) is 19.9 Å². The van der Waals surface area contributed by atoms with Gasteiger partial charge >= 0.3 is 6.01 Å². The van der Waals surface area contributed by atoms with E-state index in [0.717, 1.165) is 6.20 Å². The molecule has 0 radical (unpaired) electrons. The third kappa shape index (κ3) is 2.71.